The zero-order chi connectivity index (χ0) is 42.4. The Hall–Kier alpha value is -5.69. The van der Waals surface area contributed by atoms with Gasteiger partial charge in [0.15, 0.2) is 0 Å². The molecule has 6 heterocycles. The number of aliphatic hydroxyl groups is 1. The molecule has 0 fully saturated rings. The molecule has 4 N–H and O–H groups in total. The van der Waals surface area contributed by atoms with Gasteiger partial charge in [-0.1, -0.05) is 76.7 Å². The predicted octanol–water partition coefficient (Wildman–Crippen LogP) is 11.8. The topological polar surface area (TPSA) is 145 Å². The number of aromatic amines is 2. The van der Waals surface area contributed by atoms with Crippen molar-refractivity contribution in [2.75, 3.05) is 10.2 Å². The van der Waals surface area contributed by atoms with Crippen LogP contribution in [0, 0.1) is 0 Å². The van der Waals surface area contributed by atoms with E-state index in [1.54, 1.807) is 69.7 Å². The summed E-state index contributed by atoms with van der Waals surface area (Å²) in [4.78, 5) is 38.1. The molecule has 0 saturated heterocycles. The average Bonchev–Trinajstić information content (AvgIpc) is 3.85. The number of pyridine rings is 4. The molecule has 306 valence electrons. The number of aromatic nitrogens is 6. The van der Waals surface area contributed by atoms with Gasteiger partial charge in [-0.3, -0.25) is 4.90 Å². The van der Waals surface area contributed by atoms with Crippen LogP contribution in [0.15, 0.2) is 122 Å². The highest BCUT2D eigenvalue weighted by atomic mass is 35.5. The number of aliphatic hydroxyl groups excluding tert-OH is 1. The first-order valence-electron chi connectivity index (χ1n) is 18.9. The Morgan fingerprint density at radius 1 is 0.733 bits per heavy atom. The number of hydrogen-bond donors (Lipinski definition) is 4. The lowest BCUT2D eigenvalue weighted by molar-refractivity contribution is 0.0576. The number of nitrogens with one attached hydrogen (secondary N) is 3. The maximum atomic E-state index is 13.0. The van der Waals surface area contributed by atoms with Crippen molar-refractivity contribution in [2.24, 2.45) is 0 Å². The third kappa shape index (κ3) is 10.5. The molecule has 2 aromatic carbocycles. The number of nitrogens with zero attached hydrogens (tertiary/aromatic N) is 5. The summed E-state index contributed by atoms with van der Waals surface area (Å²) in [5.74, 6) is 1.04. The summed E-state index contributed by atoms with van der Waals surface area (Å²) in [5, 5.41) is 18.1. The fourth-order valence-corrected chi connectivity index (χ4v) is 7.07. The number of carbonyl (C=O) groups excluding carboxylic acids is 1. The van der Waals surface area contributed by atoms with E-state index in [0.29, 0.717) is 45.7 Å². The minimum Gasteiger partial charge on any atom is -0.443 e. The van der Waals surface area contributed by atoms with Crippen molar-refractivity contribution in [3.63, 3.8) is 0 Å². The minimum atomic E-state index is -1.03. The Labute approximate surface area is 366 Å². The van der Waals surface area contributed by atoms with Crippen LogP contribution in [0.5, 0.6) is 0 Å². The van der Waals surface area contributed by atoms with Gasteiger partial charge in [0, 0.05) is 69.7 Å². The summed E-state index contributed by atoms with van der Waals surface area (Å²) in [6.45, 7) is 6.24. The standard InChI is InChI=1S/C25H24Cl2N4O3.C20H16Cl2N4/c1-25(2,3)34-24(33)31(14-15-6-8-16(26)9-7-15)20-11-10-18(22(27)30-20)21(32)19-13-29-23-17(19)5-4-12-28-23;21-16-6-3-13(4-7-16)11-24-18-8-5-14(19(22)26-18)10-15-12-25-20-17(15)2-1-9-23-20/h4-13,21,32H,14H2,1-3H3,(H,28,29);1-9,12H,10-11H2,(H,23,25)(H,24,26). The van der Waals surface area contributed by atoms with Gasteiger partial charge < -0.3 is 25.1 Å². The van der Waals surface area contributed by atoms with Crippen molar-refractivity contribution in [2.45, 2.75) is 52.0 Å². The van der Waals surface area contributed by atoms with Crippen LogP contribution in [0.4, 0.5) is 16.4 Å². The van der Waals surface area contributed by atoms with Crippen molar-refractivity contribution in [3.8, 4) is 0 Å². The zero-order valence-corrected chi connectivity index (χ0v) is 35.8. The first kappa shape index (κ1) is 42.4. The Morgan fingerprint density at radius 3 is 2.02 bits per heavy atom. The lowest BCUT2D eigenvalue weighted by atomic mass is 10.0. The SMILES string of the molecule is CC(C)(C)OC(=O)N(Cc1ccc(Cl)cc1)c1ccc(C(O)c2c[nH]c3ncccc23)c(Cl)n1.Clc1ccc(CNc2ccc(Cc3c[nH]c4ncccc34)c(Cl)n2)cc1. The number of halogens is 4. The van der Waals surface area contributed by atoms with E-state index in [0.717, 1.165) is 49.5 Å². The van der Waals surface area contributed by atoms with Crippen LogP contribution in [-0.2, 0) is 24.2 Å². The van der Waals surface area contributed by atoms with Crippen molar-refractivity contribution >= 4 is 86.2 Å². The molecule has 6 aromatic heterocycles. The third-order valence-electron chi connectivity index (χ3n) is 9.31. The van der Waals surface area contributed by atoms with Gasteiger partial charge in [0.2, 0.25) is 0 Å². The van der Waals surface area contributed by atoms with E-state index >= 15 is 0 Å². The molecule has 1 unspecified atom stereocenters. The van der Waals surface area contributed by atoms with Crippen LogP contribution in [0.1, 0.15) is 60.3 Å². The molecule has 0 aliphatic rings. The second-order valence-corrected chi connectivity index (χ2v) is 16.4. The smallest absolute Gasteiger partial charge is 0.416 e. The van der Waals surface area contributed by atoms with Crippen molar-refractivity contribution in [1.29, 1.82) is 0 Å². The quantitative estimate of drug-likeness (QED) is 0.0994. The molecule has 0 spiro atoms. The Kier molecular flexibility index (Phi) is 13.2. The summed E-state index contributed by atoms with van der Waals surface area (Å²) in [6.07, 6.45) is 6.22. The van der Waals surface area contributed by atoms with Crippen molar-refractivity contribution in [3.05, 3.63) is 176 Å². The van der Waals surface area contributed by atoms with Crippen LogP contribution in [-0.4, -0.2) is 46.7 Å². The number of rotatable bonds is 10. The number of ether oxygens (including phenoxy) is 1. The first-order valence-corrected chi connectivity index (χ1v) is 20.4. The second kappa shape index (κ2) is 18.7. The molecule has 0 saturated carbocycles. The molecule has 0 radical (unpaired) electrons. The Bertz CT molecular complexity index is 2730. The highest BCUT2D eigenvalue weighted by Crippen LogP contribution is 2.33. The van der Waals surface area contributed by atoms with E-state index < -0.39 is 17.8 Å². The highest BCUT2D eigenvalue weighted by molar-refractivity contribution is 6.31. The molecule has 8 aromatic rings. The van der Waals surface area contributed by atoms with E-state index in [-0.39, 0.29) is 11.7 Å². The number of amides is 1. The molecule has 1 atom stereocenters. The van der Waals surface area contributed by atoms with Gasteiger partial charge in [-0.05, 0) is 110 Å². The zero-order valence-electron chi connectivity index (χ0n) is 32.8. The average molecular weight is 883 g/mol. The van der Waals surface area contributed by atoms with Gasteiger partial charge in [0.1, 0.15) is 44.9 Å². The molecule has 0 bridgehead atoms. The number of hydrogen-bond acceptors (Lipinski definition) is 8. The van der Waals surface area contributed by atoms with Crippen LogP contribution >= 0.6 is 46.4 Å². The maximum Gasteiger partial charge on any atom is 0.416 e. The fourth-order valence-electron chi connectivity index (χ4n) is 6.34. The van der Waals surface area contributed by atoms with E-state index in [1.165, 1.54) is 4.90 Å². The Morgan fingerprint density at radius 2 is 1.37 bits per heavy atom. The normalized spacial score (nSPS) is 11.9. The summed E-state index contributed by atoms with van der Waals surface area (Å²) < 4.78 is 5.59. The van der Waals surface area contributed by atoms with Gasteiger partial charge in [-0.25, -0.2) is 24.7 Å². The van der Waals surface area contributed by atoms with E-state index in [9.17, 15) is 9.90 Å². The van der Waals surface area contributed by atoms with Crippen LogP contribution < -0.4 is 10.2 Å². The van der Waals surface area contributed by atoms with Crippen LogP contribution in [0.2, 0.25) is 20.4 Å². The second-order valence-electron chi connectivity index (χ2n) is 14.8. The molecule has 15 heteroatoms. The summed E-state index contributed by atoms with van der Waals surface area (Å²) in [6, 6.07) is 29.8. The minimum absolute atomic E-state index is 0.0768. The molecule has 11 nitrogen and oxygen atoms in total. The number of benzene rings is 2. The molecular formula is C45H40Cl4N8O3. The van der Waals surface area contributed by atoms with Gasteiger partial charge in [-0.15, -0.1) is 0 Å². The number of fused-ring (bicyclic) bond motifs is 2. The van der Waals surface area contributed by atoms with E-state index in [4.69, 9.17) is 51.1 Å². The van der Waals surface area contributed by atoms with E-state index in [1.807, 2.05) is 66.9 Å². The van der Waals surface area contributed by atoms with Gasteiger partial charge in [-0.2, -0.15) is 0 Å². The van der Waals surface area contributed by atoms with Crippen molar-refractivity contribution < 1.29 is 14.6 Å². The Balaban J connectivity index is 0.000000188. The fraction of sp³-hybridized carbons (Fsp3) is 0.178. The first-order chi connectivity index (χ1) is 28.8. The van der Waals surface area contributed by atoms with Gasteiger partial charge >= 0.3 is 6.09 Å². The predicted molar refractivity (Wildman–Crippen MR) is 240 cm³/mol. The van der Waals surface area contributed by atoms with E-state index in [2.05, 4.69) is 41.3 Å². The summed E-state index contributed by atoms with van der Waals surface area (Å²) in [7, 11) is 0. The third-order valence-corrected chi connectivity index (χ3v) is 10.4. The lowest BCUT2D eigenvalue weighted by Gasteiger charge is -2.27. The molecular weight excluding hydrogens is 842 g/mol. The molecule has 1 amide bonds. The monoisotopic (exact) mass is 880 g/mol. The van der Waals surface area contributed by atoms with Gasteiger partial charge in [0.05, 0.1) is 6.54 Å². The van der Waals surface area contributed by atoms with Crippen LogP contribution in [0.25, 0.3) is 22.1 Å². The largest absolute Gasteiger partial charge is 0.443 e. The summed E-state index contributed by atoms with van der Waals surface area (Å²) >= 11 is 24.8. The molecule has 60 heavy (non-hydrogen) atoms. The lowest BCUT2D eigenvalue weighted by Crippen LogP contribution is -2.37. The number of carbonyl (C=O) groups is 1. The molecule has 0 aliphatic carbocycles. The molecule has 0 aliphatic heterocycles. The number of H-pyrrole nitrogens is 2. The molecule has 8 rings (SSSR count). The number of anilines is 2. The van der Waals surface area contributed by atoms with Crippen molar-refractivity contribution in [1.82, 2.24) is 29.9 Å². The van der Waals surface area contributed by atoms with Gasteiger partial charge in [0.25, 0.3) is 0 Å². The van der Waals surface area contributed by atoms with Crippen LogP contribution in [0.3, 0.4) is 0 Å². The highest BCUT2D eigenvalue weighted by Gasteiger charge is 2.27. The summed E-state index contributed by atoms with van der Waals surface area (Å²) in [5.41, 5.74) is 5.98. The maximum absolute atomic E-state index is 13.0.